The number of nitrogens with one attached hydrogen (secondary N) is 2. The van der Waals surface area contributed by atoms with E-state index in [2.05, 4.69) is 22.4 Å². The maximum absolute atomic E-state index is 11.7. The Morgan fingerprint density at radius 3 is 2.94 bits per heavy atom. The number of amides is 1. The number of rotatable bonds is 6. The number of carbonyl (C=O) groups excluding carboxylic acids is 1. The van der Waals surface area contributed by atoms with E-state index in [1.165, 1.54) is 0 Å². The van der Waals surface area contributed by atoms with Gasteiger partial charge < -0.3 is 11.1 Å². The number of hydrogen-bond donors (Lipinski definition) is 3. The van der Waals surface area contributed by atoms with E-state index in [-0.39, 0.29) is 11.8 Å². The van der Waals surface area contributed by atoms with Crippen LogP contribution in [0.25, 0.3) is 0 Å². The molecule has 0 aliphatic carbocycles. The molecule has 0 aliphatic rings. The Kier molecular flexibility index (Phi) is 4.98. The highest BCUT2D eigenvalue weighted by molar-refractivity contribution is 5.91. The number of aryl methyl sites for hydroxylation is 1. The maximum atomic E-state index is 11.7. The first-order valence-electron chi connectivity index (χ1n) is 5.76. The van der Waals surface area contributed by atoms with Crippen LogP contribution < -0.4 is 11.1 Å². The second-order valence-corrected chi connectivity index (χ2v) is 3.86. The van der Waals surface area contributed by atoms with Gasteiger partial charge in [0.2, 0.25) is 5.91 Å². The van der Waals surface area contributed by atoms with Crippen LogP contribution in [0.15, 0.2) is 6.07 Å². The Morgan fingerprint density at radius 1 is 1.62 bits per heavy atom. The number of nitrogens with two attached hydrogens (primary N) is 1. The van der Waals surface area contributed by atoms with Crippen molar-refractivity contribution >= 4 is 11.7 Å². The van der Waals surface area contributed by atoms with Crippen molar-refractivity contribution in [2.24, 2.45) is 11.7 Å². The standard InChI is InChI=1S/C11H20N4O/c1-3-5-9-6-10(15-14-9)13-11(16)8(4-2)7-12/h6,8H,3-5,7,12H2,1-2H3,(H2,13,14,15,16). The van der Waals surface area contributed by atoms with Gasteiger partial charge >= 0.3 is 0 Å². The number of anilines is 1. The van der Waals surface area contributed by atoms with E-state index >= 15 is 0 Å². The number of aromatic nitrogens is 2. The van der Waals surface area contributed by atoms with Crippen molar-refractivity contribution in [2.45, 2.75) is 33.1 Å². The molecule has 0 saturated heterocycles. The molecule has 1 aromatic rings. The molecule has 5 nitrogen and oxygen atoms in total. The normalized spacial score (nSPS) is 12.4. The number of H-pyrrole nitrogens is 1. The molecule has 1 unspecified atom stereocenters. The van der Waals surface area contributed by atoms with Crippen molar-refractivity contribution in [3.63, 3.8) is 0 Å². The lowest BCUT2D eigenvalue weighted by Crippen LogP contribution is -2.28. The quantitative estimate of drug-likeness (QED) is 0.680. The molecule has 1 rings (SSSR count). The average Bonchev–Trinajstić information content (AvgIpc) is 2.68. The summed E-state index contributed by atoms with van der Waals surface area (Å²) in [4.78, 5) is 11.7. The van der Waals surface area contributed by atoms with Crippen molar-refractivity contribution in [1.82, 2.24) is 10.2 Å². The summed E-state index contributed by atoms with van der Waals surface area (Å²) in [7, 11) is 0. The van der Waals surface area contributed by atoms with Crippen LogP contribution in [0, 0.1) is 5.92 Å². The zero-order valence-electron chi connectivity index (χ0n) is 9.92. The largest absolute Gasteiger partial charge is 0.330 e. The summed E-state index contributed by atoms with van der Waals surface area (Å²) in [5.74, 6) is 0.395. The fraction of sp³-hybridized carbons (Fsp3) is 0.636. The van der Waals surface area contributed by atoms with Crippen molar-refractivity contribution in [3.8, 4) is 0 Å². The van der Waals surface area contributed by atoms with Gasteiger partial charge in [-0.1, -0.05) is 20.3 Å². The van der Waals surface area contributed by atoms with Gasteiger partial charge in [0.15, 0.2) is 5.82 Å². The molecule has 0 aromatic carbocycles. The molecule has 1 aromatic heterocycles. The van der Waals surface area contributed by atoms with Gasteiger partial charge in [0.1, 0.15) is 0 Å². The molecular weight excluding hydrogens is 204 g/mol. The van der Waals surface area contributed by atoms with Gasteiger partial charge in [-0.2, -0.15) is 5.10 Å². The minimum atomic E-state index is -0.133. The fourth-order valence-corrected chi connectivity index (χ4v) is 1.51. The summed E-state index contributed by atoms with van der Waals surface area (Å²) in [6, 6.07) is 1.87. The van der Waals surface area contributed by atoms with Gasteiger partial charge in [-0.05, 0) is 12.8 Å². The summed E-state index contributed by atoms with van der Waals surface area (Å²) in [6.45, 7) is 4.42. The Morgan fingerprint density at radius 2 is 2.38 bits per heavy atom. The van der Waals surface area contributed by atoms with Crippen LogP contribution in [0.3, 0.4) is 0 Å². The van der Waals surface area contributed by atoms with Crippen LogP contribution in [0.2, 0.25) is 0 Å². The summed E-state index contributed by atoms with van der Waals surface area (Å²) in [5.41, 5.74) is 6.54. The minimum Gasteiger partial charge on any atom is -0.330 e. The second kappa shape index (κ2) is 6.27. The van der Waals surface area contributed by atoms with E-state index in [9.17, 15) is 4.79 Å². The van der Waals surface area contributed by atoms with Crippen molar-refractivity contribution in [1.29, 1.82) is 0 Å². The Labute approximate surface area is 95.8 Å². The molecule has 0 saturated carbocycles. The molecule has 0 fully saturated rings. The monoisotopic (exact) mass is 224 g/mol. The molecule has 0 radical (unpaired) electrons. The topological polar surface area (TPSA) is 83.8 Å². The molecule has 0 bridgehead atoms. The highest BCUT2D eigenvalue weighted by atomic mass is 16.2. The molecule has 16 heavy (non-hydrogen) atoms. The van der Waals surface area contributed by atoms with E-state index in [1.807, 2.05) is 13.0 Å². The first-order chi connectivity index (χ1) is 7.71. The fourth-order valence-electron chi connectivity index (χ4n) is 1.51. The minimum absolute atomic E-state index is 0.0560. The zero-order valence-corrected chi connectivity index (χ0v) is 9.92. The molecule has 1 heterocycles. The van der Waals surface area contributed by atoms with Gasteiger partial charge in [-0.25, -0.2) is 0 Å². The third-order valence-electron chi connectivity index (χ3n) is 2.55. The highest BCUT2D eigenvalue weighted by Crippen LogP contribution is 2.10. The van der Waals surface area contributed by atoms with E-state index < -0.39 is 0 Å². The third-order valence-corrected chi connectivity index (χ3v) is 2.55. The Balaban J connectivity index is 2.55. The number of carbonyl (C=O) groups is 1. The molecule has 1 amide bonds. The first kappa shape index (κ1) is 12.7. The zero-order chi connectivity index (χ0) is 12.0. The summed E-state index contributed by atoms with van der Waals surface area (Å²) < 4.78 is 0. The van der Waals surface area contributed by atoms with Gasteiger partial charge in [-0.15, -0.1) is 0 Å². The van der Waals surface area contributed by atoms with Gasteiger partial charge in [0, 0.05) is 18.3 Å². The summed E-state index contributed by atoms with van der Waals surface area (Å²) >= 11 is 0. The molecule has 0 spiro atoms. The molecule has 90 valence electrons. The van der Waals surface area contributed by atoms with Crippen LogP contribution in [-0.2, 0) is 11.2 Å². The van der Waals surface area contributed by atoms with Crippen LogP contribution in [0.4, 0.5) is 5.82 Å². The van der Waals surface area contributed by atoms with E-state index in [1.54, 1.807) is 0 Å². The Bertz CT molecular complexity index is 330. The van der Waals surface area contributed by atoms with Crippen molar-refractivity contribution in [2.75, 3.05) is 11.9 Å². The number of hydrogen-bond acceptors (Lipinski definition) is 3. The van der Waals surface area contributed by atoms with Crippen LogP contribution >= 0.6 is 0 Å². The van der Waals surface area contributed by atoms with Crippen molar-refractivity contribution < 1.29 is 4.79 Å². The highest BCUT2D eigenvalue weighted by Gasteiger charge is 2.15. The number of aromatic amines is 1. The SMILES string of the molecule is CCCc1cc(NC(=O)C(CC)CN)n[nH]1. The van der Waals surface area contributed by atoms with Crippen LogP contribution in [0.5, 0.6) is 0 Å². The van der Waals surface area contributed by atoms with Gasteiger partial charge in [0.05, 0.1) is 5.92 Å². The molecule has 1 atom stereocenters. The average molecular weight is 224 g/mol. The summed E-state index contributed by atoms with van der Waals surface area (Å²) in [6.07, 6.45) is 2.74. The maximum Gasteiger partial charge on any atom is 0.229 e. The Hall–Kier alpha value is -1.36. The molecular formula is C11H20N4O. The van der Waals surface area contributed by atoms with Crippen LogP contribution in [-0.4, -0.2) is 22.6 Å². The van der Waals surface area contributed by atoms with Gasteiger partial charge in [0.25, 0.3) is 0 Å². The van der Waals surface area contributed by atoms with Crippen molar-refractivity contribution in [3.05, 3.63) is 11.8 Å². The molecule has 0 aliphatic heterocycles. The predicted molar refractivity (Wildman–Crippen MR) is 64.0 cm³/mol. The number of nitrogens with zero attached hydrogens (tertiary/aromatic N) is 1. The smallest absolute Gasteiger partial charge is 0.229 e. The van der Waals surface area contributed by atoms with E-state index in [4.69, 9.17) is 5.73 Å². The van der Waals surface area contributed by atoms with E-state index in [0.717, 1.165) is 25.0 Å². The summed E-state index contributed by atoms with van der Waals surface area (Å²) in [5, 5.41) is 9.68. The molecule has 5 heteroatoms. The van der Waals surface area contributed by atoms with Crippen LogP contribution in [0.1, 0.15) is 32.4 Å². The van der Waals surface area contributed by atoms with E-state index in [0.29, 0.717) is 12.4 Å². The predicted octanol–water partition coefficient (Wildman–Crippen LogP) is 1.29. The lowest BCUT2D eigenvalue weighted by atomic mass is 10.1. The first-order valence-corrected chi connectivity index (χ1v) is 5.76. The lowest BCUT2D eigenvalue weighted by molar-refractivity contribution is -0.119. The van der Waals surface area contributed by atoms with Gasteiger partial charge in [-0.3, -0.25) is 9.89 Å². The molecule has 4 N–H and O–H groups in total. The lowest BCUT2D eigenvalue weighted by Gasteiger charge is -2.10. The second-order valence-electron chi connectivity index (χ2n) is 3.86. The third kappa shape index (κ3) is 3.34.